The highest BCUT2D eigenvalue weighted by molar-refractivity contribution is 7.80. The van der Waals surface area contributed by atoms with Crippen molar-refractivity contribution < 1.29 is 14.5 Å². The van der Waals surface area contributed by atoms with E-state index in [2.05, 4.69) is 15.5 Å². The van der Waals surface area contributed by atoms with E-state index in [-0.39, 0.29) is 27.7 Å². The number of rotatable bonds is 5. The minimum absolute atomic E-state index is 0.0809. The van der Waals surface area contributed by atoms with Crippen LogP contribution in [0.3, 0.4) is 0 Å². The Morgan fingerprint density at radius 2 is 1.54 bits per heavy atom. The van der Waals surface area contributed by atoms with Gasteiger partial charge in [0, 0.05) is 67.7 Å². The number of amides is 2. The van der Waals surface area contributed by atoms with Crippen molar-refractivity contribution in [3.63, 3.8) is 0 Å². The van der Waals surface area contributed by atoms with Crippen LogP contribution in [0.15, 0.2) is 42.5 Å². The topological polar surface area (TPSA) is 111 Å². The zero-order chi connectivity index (χ0) is 28.2. The number of hydrogen-bond acceptors (Lipinski definition) is 7. The summed E-state index contributed by atoms with van der Waals surface area (Å²) in [5.74, 6) is -0.343. The number of nitrogens with one attached hydrogen (secondary N) is 2. The van der Waals surface area contributed by atoms with Crippen molar-refractivity contribution in [1.29, 1.82) is 0 Å². The van der Waals surface area contributed by atoms with Gasteiger partial charge in [-0.25, -0.2) is 0 Å². The third-order valence-electron chi connectivity index (χ3n) is 7.06. The molecule has 10 nitrogen and oxygen atoms in total. The second-order valence-electron chi connectivity index (χ2n) is 11.0. The van der Waals surface area contributed by atoms with Gasteiger partial charge in [0.15, 0.2) is 5.11 Å². The van der Waals surface area contributed by atoms with Crippen LogP contribution in [0.4, 0.5) is 22.7 Å². The highest BCUT2D eigenvalue weighted by atomic mass is 32.1. The van der Waals surface area contributed by atoms with Gasteiger partial charge >= 0.3 is 0 Å². The highest BCUT2D eigenvalue weighted by Gasteiger charge is 2.29. The van der Waals surface area contributed by atoms with Gasteiger partial charge in [-0.3, -0.25) is 25.0 Å². The fourth-order valence-corrected chi connectivity index (χ4v) is 5.16. The Hall–Kier alpha value is -3.73. The van der Waals surface area contributed by atoms with Crippen LogP contribution in [0.1, 0.15) is 50.4 Å². The zero-order valence-electron chi connectivity index (χ0n) is 22.7. The maximum absolute atomic E-state index is 12.8. The fourth-order valence-electron chi connectivity index (χ4n) is 4.95. The van der Waals surface area contributed by atoms with E-state index in [1.54, 1.807) is 12.1 Å². The Morgan fingerprint density at radius 1 is 0.897 bits per heavy atom. The van der Waals surface area contributed by atoms with E-state index in [0.717, 1.165) is 51.1 Å². The molecule has 2 aliphatic heterocycles. The van der Waals surface area contributed by atoms with Gasteiger partial charge in [0.2, 0.25) is 5.91 Å². The van der Waals surface area contributed by atoms with E-state index in [1.807, 2.05) is 54.8 Å². The Balaban J connectivity index is 1.32. The first-order valence-corrected chi connectivity index (χ1v) is 13.7. The summed E-state index contributed by atoms with van der Waals surface area (Å²) in [4.78, 5) is 42.8. The lowest BCUT2D eigenvalue weighted by atomic mass is 9.94. The van der Waals surface area contributed by atoms with Crippen LogP contribution < -0.4 is 20.4 Å². The molecule has 0 bridgehead atoms. The van der Waals surface area contributed by atoms with Crippen LogP contribution in [0.5, 0.6) is 0 Å². The second-order valence-corrected chi connectivity index (χ2v) is 11.4. The first-order valence-electron chi connectivity index (χ1n) is 13.3. The molecular weight excluding hydrogens is 516 g/mol. The van der Waals surface area contributed by atoms with Crippen molar-refractivity contribution in [3.8, 4) is 0 Å². The Morgan fingerprint density at radius 3 is 2.13 bits per heavy atom. The predicted octanol–water partition coefficient (Wildman–Crippen LogP) is 4.41. The number of nitro groups is 1. The molecule has 39 heavy (non-hydrogen) atoms. The summed E-state index contributed by atoms with van der Waals surface area (Å²) >= 11 is 5.32. The van der Waals surface area contributed by atoms with Crippen molar-refractivity contribution in [1.82, 2.24) is 10.2 Å². The van der Waals surface area contributed by atoms with Gasteiger partial charge in [-0.05, 0) is 67.9 Å². The van der Waals surface area contributed by atoms with E-state index in [0.29, 0.717) is 24.5 Å². The second kappa shape index (κ2) is 12.0. The van der Waals surface area contributed by atoms with E-state index >= 15 is 0 Å². The number of nitro benzene ring substituents is 1. The monoisotopic (exact) mass is 552 g/mol. The van der Waals surface area contributed by atoms with Crippen LogP contribution >= 0.6 is 12.2 Å². The molecule has 0 aromatic heterocycles. The summed E-state index contributed by atoms with van der Waals surface area (Å²) in [6.07, 6.45) is 3.11. The smallest absolute Gasteiger partial charge is 0.293 e. The molecule has 11 heteroatoms. The van der Waals surface area contributed by atoms with Crippen LogP contribution in [-0.2, 0) is 4.79 Å². The van der Waals surface area contributed by atoms with Crippen LogP contribution in [0.25, 0.3) is 0 Å². The van der Waals surface area contributed by atoms with Gasteiger partial charge in [0.05, 0.1) is 4.92 Å². The maximum atomic E-state index is 12.8. The molecule has 2 N–H and O–H groups in total. The van der Waals surface area contributed by atoms with Crippen LogP contribution in [0, 0.1) is 15.5 Å². The highest BCUT2D eigenvalue weighted by Crippen LogP contribution is 2.31. The number of thiocarbonyl (C=S) groups is 1. The molecule has 0 spiro atoms. The van der Waals surface area contributed by atoms with Crippen LogP contribution in [-0.4, -0.2) is 66.0 Å². The first kappa shape index (κ1) is 28.3. The number of piperidine rings is 1. The molecule has 4 rings (SSSR count). The summed E-state index contributed by atoms with van der Waals surface area (Å²) in [5, 5.41) is 17.4. The lowest BCUT2D eigenvalue weighted by Gasteiger charge is -2.38. The largest absolute Gasteiger partial charge is 0.368 e. The van der Waals surface area contributed by atoms with E-state index in [1.165, 1.54) is 6.07 Å². The summed E-state index contributed by atoms with van der Waals surface area (Å²) < 4.78 is 0. The molecule has 208 valence electrons. The molecule has 2 saturated heterocycles. The number of nitrogens with zero attached hydrogens (tertiary/aromatic N) is 4. The van der Waals surface area contributed by atoms with E-state index < -0.39 is 10.8 Å². The third kappa shape index (κ3) is 7.03. The van der Waals surface area contributed by atoms with Crippen molar-refractivity contribution in [2.24, 2.45) is 5.41 Å². The molecular formula is C28H36N6O4S. The zero-order valence-corrected chi connectivity index (χ0v) is 23.6. The van der Waals surface area contributed by atoms with Crippen molar-refractivity contribution >= 4 is 51.9 Å². The molecule has 0 saturated carbocycles. The van der Waals surface area contributed by atoms with Gasteiger partial charge in [-0.2, -0.15) is 0 Å². The van der Waals surface area contributed by atoms with Gasteiger partial charge in [0.1, 0.15) is 5.69 Å². The summed E-state index contributed by atoms with van der Waals surface area (Å²) in [5.41, 5.74) is 2.00. The molecule has 2 aromatic carbocycles. The number of carbonyl (C=O) groups is 2. The number of carbonyl (C=O) groups excluding carboxylic acids is 2. The predicted molar refractivity (Wildman–Crippen MR) is 158 cm³/mol. The number of piperazine rings is 1. The third-order valence-corrected chi connectivity index (χ3v) is 7.26. The lowest BCUT2D eigenvalue weighted by Crippen LogP contribution is -2.51. The van der Waals surface area contributed by atoms with E-state index in [4.69, 9.17) is 12.2 Å². The standard InChI is InChI=1S/C28H36N6O4S/c1-28(2,3)26(36)33-17-15-31(16-18-33)22-10-8-21(9-11-22)29-27(39)30-25(35)20-7-12-23(24(19-20)34(37)38)32-13-5-4-6-14-32/h7-12,19H,4-6,13-18H2,1-3H3,(H2,29,30,35,39). The average Bonchev–Trinajstić information content (AvgIpc) is 2.92. The maximum Gasteiger partial charge on any atom is 0.293 e. The minimum Gasteiger partial charge on any atom is -0.368 e. The van der Waals surface area contributed by atoms with Gasteiger partial charge in [-0.15, -0.1) is 0 Å². The molecule has 2 aliphatic rings. The molecule has 0 unspecified atom stereocenters. The Bertz CT molecular complexity index is 1230. The average molecular weight is 553 g/mol. The van der Waals surface area contributed by atoms with Crippen LogP contribution in [0.2, 0.25) is 0 Å². The fraction of sp³-hybridized carbons (Fsp3) is 0.464. The molecule has 0 aliphatic carbocycles. The van der Waals surface area contributed by atoms with Gasteiger partial charge in [-0.1, -0.05) is 20.8 Å². The molecule has 0 radical (unpaired) electrons. The Kier molecular flexibility index (Phi) is 8.69. The normalized spacial score (nSPS) is 16.0. The molecule has 0 atom stereocenters. The number of anilines is 3. The lowest BCUT2D eigenvalue weighted by molar-refractivity contribution is -0.384. The summed E-state index contributed by atoms with van der Waals surface area (Å²) in [6, 6.07) is 12.2. The summed E-state index contributed by atoms with van der Waals surface area (Å²) in [6.45, 7) is 10.2. The van der Waals surface area contributed by atoms with Crippen molar-refractivity contribution in [2.45, 2.75) is 40.0 Å². The Labute approximate surface area is 234 Å². The van der Waals surface area contributed by atoms with Gasteiger partial charge < -0.3 is 20.0 Å². The van der Waals surface area contributed by atoms with Crippen molar-refractivity contribution in [2.75, 3.05) is 54.4 Å². The van der Waals surface area contributed by atoms with E-state index in [9.17, 15) is 19.7 Å². The SMILES string of the molecule is CC(C)(C)C(=O)N1CCN(c2ccc(NC(=S)NC(=O)c3ccc(N4CCCCC4)c([N+](=O)[O-])c3)cc2)CC1. The number of hydrogen-bond donors (Lipinski definition) is 2. The minimum atomic E-state index is -0.514. The quantitative estimate of drug-likeness (QED) is 0.319. The molecule has 2 amide bonds. The number of benzene rings is 2. The molecule has 2 heterocycles. The first-order chi connectivity index (χ1) is 18.5. The summed E-state index contributed by atoms with van der Waals surface area (Å²) in [7, 11) is 0. The van der Waals surface area contributed by atoms with Crippen molar-refractivity contribution in [3.05, 3.63) is 58.1 Å². The molecule has 2 fully saturated rings. The van der Waals surface area contributed by atoms with Gasteiger partial charge in [0.25, 0.3) is 11.6 Å². The molecule has 2 aromatic rings.